The molecule has 0 unspecified atom stereocenters. The molecule has 2 N–H and O–H groups in total. The first-order valence-electron chi connectivity index (χ1n) is 6.70. The molecule has 118 valence electrons. The van der Waals surface area contributed by atoms with Crippen molar-refractivity contribution < 1.29 is 19.0 Å². The Morgan fingerprint density at radius 3 is 2.59 bits per heavy atom. The van der Waals surface area contributed by atoms with Crippen LogP contribution in [0.15, 0.2) is 17.7 Å². The number of carbonyl (C=O) groups is 1. The quantitative estimate of drug-likeness (QED) is 0.273. The average Bonchev–Trinajstić information content (AvgIpc) is 3.27. The van der Waals surface area contributed by atoms with Gasteiger partial charge in [-0.05, 0) is 31.9 Å². The van der Waals surface area contributed by atoms with Crippen molar-refractivity contribution in [1.29, 1.82) is 5.41 Å². The molecule has 1 aromatic rings. The number of aliphatic hydroxyl groups excluding tert-OH is 1. The third-order valence-electron chi connectivity index (χ3n) is 3.24. The standard InChI is InChI=1S/C15H14Cl2FNO3/c1-2-22-15(21)12(13(19)7-3-4-7)14(20)8-5-11(18)10(17)6-9(8)16/h5-7,19-20H,2-4H2,1H3. The molecule has 2 rings (SSSR count). The fraction of sp³-hybridized carbons (Fsp3) is 0.333. The Balaban J connectivity index is 2.55. The third kappa shape index (κ3) is 3.42. The normalized spacial score (nSPS) is 15.3. The summed E-state index contributed by atoms with van der Waals surface area (Å²) in [6.07, 6.45) is 1.52. The predicted molar refractivity (Wildman–Crippen MR) is 83.1 cm³/mol. The lowest BCUT2D eigenvalue weighted by molar-refractivity contribution is -0.137. The van der Waals surface area contributed by atoms with E-state index in [0.717, 1.165) is 25.0 Å². The molecule has 1 fully saturated rings. The van der Waals surface area contributed by atoms with Crippen molar-refractivity contribution >= 4 is 40.6 Å². The first-order chi connectivity index (χ1) is 10.4. The highest BCUT2D eigenvalue weighted by Gasteiger charge is 2.34. The Morgan fingerprint density at radius 1 is 1.41 bits per heavy atom. The average molecular weight is 346 g/mol. The van der Waals surface area contributed by atoms with Crippen LogP contribution in [0.5, 0.6) is 0 Å². The molecule has 0 heterocycles. The van der Waals surface area contributed by atoms with Gasteiger partial charge in [-0.3, -0.25) is 0 Å². The van der Waals surface area contributed by atoms with Crippen LogP contribution in [-0.4, -0.2) is 23.4 Å². The van der Waals surface area contributed by atoms with Crippen molar-refractivity contribution in [3.8, 4) is 0 Å². The number of esters is 1. The zero-order chi connectivity index (χ0) is 16.4. The molecule has 0 aromatic heterocycles. The van der Waals surface area contributed by atoms with E-state index >= 15 is 0 Å². The highest BCUT2D eigenvalue weighted by Crippen LogP contribution is 2.36. The van der Waals surface area contributed by atoms with Crippen LogP contribution in [-0.2, 0) is 9.53 Å². The monoisotopic (exact) mass is 345 g/mol. The number of hydrogen-bond acceptors (Lipinski definition) is 4. The molecule has 0 radical (unpaired) electrons. The molecule has 0 saturated heterocycles. The lowest BCUT2D eigenvalue weighted by Crippen LogP contribution is -2.19. The van der Waals surface area contributed by atoms with Crippen molar-refractivity contribution in [2.45, 2.75) is 19.8 Å². The number of carbonyl (C=O) groups excluding carboxylic acids is 1. The molecule has 1 saturated carbocycles. The summed E-state index contributed by atoms with van der Waals surface area (Å²) in [6, 6.07) is 2.06. The van der Waals surface area contributed by atoms with Crippen LogP contribution in [0.25, 0.3) is 5.76 Å². The fourth-order valence-corrected chi connectivity index (χ4v) is 2.42. The summed E-state index contributed by atoms with van der Waals surface area (Å²) in [6.45, 7) is 1.71. The van der Waals surface area contributed by atoms with Gasteiger partial charge in [0.25, 0.3) is 0 Å². The second-order valence-electron chi connectivity index (χ2n) is 4.88. The van der Waals surface area contributed by atoms with Crippen molar-refractivity contribution in [2.75, 3.05) is 6.61 Å². The molecular weight excluding hydrogens is 332 g/mol. The van der Waals surface area contributed by atoms with Crippen LogP contribution in [0.1, 0.15) is 25.3 Å². The number of hydrogen-bond donors (Lipinski definition) is 2. The second-order valence-corrected chi connectivity index (χ2v) is 5.69. The Hall–Kier alpha value is -1.59. The first kappa shape index (κ1) is 16.8. The van der Waals surface area contributed by atoms with E-state index in [-0.39, 0.29) is 39.4 Å². The maximum atomic E-state index is 13.6. The zero-order valence-electron chi connectivity index (χ0n) is 11.8. The van der Waals surface area contributed by atoms with E-state index in [1.807, 2.05) is 0 Å². The van der Waals surface area contributed by atoms with Crippen LogP contribution < -0.4 is 0 Å². The summed E-state index contributed by atoms with van der Waals surface area (Å²) in [5.74, 6) is -2.29. The predicted octanol–water partition coefficient (Wildman–Crippen LogP) is 4.39. The molecule has 0 bridgehead atoms. The molecule has 1 aliphatic carbocycles. The van der Waals surface area contributed by atoms with E-state index in [4.69, 9.17) is 33.3 Å². The number of aliphatic hydroxyl groups is 1. The molecular formula is C15H14Cl2FNO3. The highest BCUT2D eigenvalue weighted by molar-refractivity contribution is 6.36. The Labute approximate surface area is 137 Å². The van der Waals surface area contributed by atoms with Gasteiger partial charge in [0.2, 0.25) is 0 Å². The van der Waals surface area contributed by atoms with Crippen LogP contribution in [0.4, 0.5) is 4.39 Å². The summed E-state index contributed by atoms with van der Waals surface area (Å²) in [7, 11) is 0. The van der Waals surface area contributed by atoms with Gasteiger partial charge in [0.05, 0.1) is 22.4 Å². The summed E-state index contributed by atoms with van der Waals surface area (Å²) in [5.41, 5.74) is -0.410. The maximum Gasteiger partial charge on any atom is 0.343 e. The van der Waals surface area contributed by atoms with Gasteiger partial charge >= 0.3 is 5.97 Å². The van der Waals surface area contributed by atoms with Crippen LogP contribution in [0, 0.1) is 17.1 Å². The van der Waals surface area contributed by atoms with Crippen LogP contribution in [0.3, 0.4) is 0 Å². The molecule has 0 aliphatic heterocycles. The summed E-state index contributed by atoms with van der Waals surface area (Å²) >= 11 is 11.6. The molecule has 0 atom stereocenters. The Bertz CT molecular complexity index is 669. The number of benzene rings is 1. The van der Waals surface area contributed by atoms with Gasteiger partial charge in [-0.15, -0.1) is 0 Å². The minimum absolute atomic E-state index is 0.0192. The molecule has 1 aliphatic rings. The molecule has 0 amide bonds. The number of halogens is 3. The van der Waals surface area contributed by atoms with Gasteiger partial charge < -0.3 is 15.3 Å². The van der Waals surface area contributed by atoms with Gasteiger partial charge in [-0.2, -0.15) is 0 Å². The minimum atomic E-state index is -0.830. The van der Waals surface area contributed by atoms with E-state index in [0.29, 0.717) is 0 Å². The number of nitrogens with one attached hydrogen (secondary N) is 1. The number of ether oxygens (including phenoxy) is 1. The molecule has 22 heavy (non-hydrogen) atoms. The van der Waals surface area contributed by atoms with E-state index in [1.54, 1.807) is 6.92 Å². The zero-order valence-corrected chi connectivity index (χ0v) is 13.3. The van der Waals surface area contributed by atoms with Crippen molar-refractivity contribution in [2.24, 2.45) is 5.92 Å². The molecule has 1 aromatic carbocycles. The van der Waals surface area contributed by atoms with E-state index in [9.17, 15) is 14.3 Å². The lowest BCUT2D eigenvalue weighted by atomic mass is 10.0. The van der Waals surface area contributed by atoms with E-state index in [1.165, 1.54) is 0 Å². The van der Waals surface area contributed by atoms with Gasteiger partial charge in [0, 0.05) is 11.5 Å². The SMILES string of the molecule is CCOC(=O)C(C(=N)C1CC1)=C(O)c1cc(F)c(Cl)cc1Cl. The van der Waals surface area contributed by atoms with Gasteiger partial charge in [0.15, 0.2) is 0 Å². The molecule has 0 spiro atoms. The van der Waals surface area contributed by atoms with E-state index in [2.05, 4.69) is 0 Å². The first-order valence-corrected chi connectivity index (χ1v) is 7.46. The topological polar surface area (TPSA) is 70.4 Å². The molecule has 4 nitrogen and oxygen atoms in total. The van der Waals surface area contributed by atoms with Crippen LogP contribution >= 0.6 is 23.2 Å². The van der Waals surface area contributed by atoms with Crippen molar-refractivity contribution in [1.82, 2.24) is 0 Å². The molecule has 7 heteroatoms. The fourth-order valence-electron chi connectivity index (χ4n) is 1.95. The summed E-state index contributed by atoms with van der Waals surface area (Å²) < 4.78 is 18.5. The van der Waals surface area contributed by atoms with Gasteiger partial charge in [-0.25, -0.2) is 9.18 Å². The van der Waals surface area contributed by atoms with Crippen LogP contribution in [0.2, 0.25) is 10.0 Å². The van der Waals surface area contributed by atoms with E-state index < -0.39 is 17.5 Å². The lowest BCUT2D eigenvalue weighted by Gasteiger charge is -2.12. The summed E-state index contributed by atoms with van der Waals surface area (Å²) in [4.78, 5) is 12.1. The second kappa shape index (κ2) is 6.67. The minimum Gasteiger partial charge on any atom is -0.506 e. The summed E-state index contributed by atoms with van der Waals surface area (Å²) in [5, 5.41) is 18.2. The maximum absolute atomic E-state index is 13.6. The van der Waals surface area contributed by atoms with Crippen molar-refractivity contribution in [3.05, 3.63) is 39.1 Å². The Kier molecular flexibility index (Phi) is 5.08. The smallest absolute Gasteiger partial charge is 0.343 e. The van der Waals surface area contributed by atoms with Gasteiger partial charge in [0.1, 0.15) is 17.1 Å². The number of rotatable bonds is 5. The van der Waals surface area contributed by atoms with Crippen molar-refractivity contribution in [3.63, 3.8) is 0 Å². The largest absolute Gasteiger partial charge is 0.506 e. The Morgan fingerprint density at radius 2 is 2.05 bits per heavy atom. The highest BCUT2D eigenvalue weighted by atomic mass is 35.5. The third-order valence-corrected chi connectivity index (χ3v) is 3.84. The van der Waals surface area contributed by atoms with Gasteiger partial charge in [-0.1, -0.05) is 23.2 Å².